The summed E-state index contributed by atoms with van der Waals surface area (Å²) >= 11 is 1.50. The van der Waals surface area contributed by atoms with Gasteiger partial charge in [0.25, 0.3) is 5.91 Å². The highest BCUT2D eigenvalue weighted by Crippen LogP contribution is 2.26. The first kappa shape index (κ1) is 19.7. The number of carbonyl (C=O) groups excluding carboxylic acids is 1. The van der Waals surface area contributed by atoms with Crippen molar-refractivity contribution in [3.63, 3.8) is 0 Å². The Balaban J connectivity index is 1.40. The van der Waals surface area contributed by atoms with Gasteiger partial charge in [-0.05, 0) is 42.3 Å². The van der Waals surface area contributed by atoms with E-state index in [4.69, 9.17) is 5.84 Å². The summed E-state index contributed by atoms with van der Waals surface area (Å²) in [5.74, 6) is 7.40. The zero-order chi connectivity index (χ0) is 20.9. The van der Waals surface area contributed by atoms with Crippen LogP contribution < -0.4 is 11.2 Å². The van der Waals surface area contributed by atoms with Gasteiger partial charge in [0.15, 0.2) is 5.82 Å². The first-order valence-corrected chi connectivity index (χ1v) is 10.4. The Hall–Kier alpha value is -3.58. The topological polar surface area (TPSA) is 85.8 Å². The van der Waals surface area contributed by atoms with Crippen molar-refractivity contribution in [2.75, 3.05) is 11.2 Å². The molecule has 0 saturated carbocycles. The van der Waals surface area contributed by atoms with Crippen LogP contribution in [0.25, 0.3) is 11.4 Å². The number of benzene rings is 3. The van der Waals surface area contributed by atoms with Gasteiger partial charge in [-0.3, -0.25) is 4.79 Å². The summed E-state index contributed by atoms with van der Waals surface area (Å²) in [6.45, 7) is 2.02. The molecular formula is C23H21N5OS. The zero-order valence-electron chi connectivity index (χ0n) is 16.4. The van der Waals surface area contributed by atoms with Gasteiger partial charge in [-0.1, -0.05) is 66.4 Å². The molecule has 0 saturated heterocycles. The summed E-state index contributed by atoms with van der Waals surface area (Å²) in [4.78, 5) is 12.4. The Bertz CT molecular complexity index is 1160. The molecule has 6 nitrogen and oxygen atoms in total. The quantitative estimate of drug-likeness (QED) is 0.357. The van der Waals surface area contributed by atoms with Crippen molar-refractivity contribution in [2.45, 2.75) is 17.8 Å². The van der Waals surface area contributed by atoms with Crippen molar-refractivity contribution in [3.05, 3.63) is 95.6 Å². The zero-order valence-corrected chi connectivity index (χ0v) is 17.3. The van der Waals surface area contributed by atoms with Crippen LogP contribution in [0.5, 0.6) is 0 Å². The van der Waals surface area contributed by atoms with E-state index in [9.17, 15) is 4.79 Å². The lowest BCUT2D eigenvalue weighted by Crippen LogP contribution is -2.12. The molecule has 7 heteroatoms. The molecule has 0 atom stereocenters. The second kappa shape index (κ2) is 8.84. The van der Waals surface area contributed by atoms with Crippen LogP contribution >= 0.6 is 11.8 Å². The highest BCUT2D eigenvalue weighted by Gasteiger charge is 2.14. The van der Waals surface area contributed by atoms with Crippen LogP contribution in [0.1, 0.15) is 21.5 Å². The molecular weight excluding hydrogens is 394 g/mol. The van der Waals surface area contributed by atoms with Gasteiger partial charge in [-0.15, -0.1) is 10.2 Å². The lowest BCUT2D eigenvalue weighted by atomic mass is 10.1. The number of nitrogens with zero attached hydrogens (tertiary/aromatic N) is 3. The molecule has 0 spiro atoms. The van der Waals surface area contributed by atoms with Gasteiger partial charge in [-0.2, -0.15) is 0 Å². The third-order valence-corrected chi connectivity index (χ3v) is 5.68. The van der Waals surface area contributed by atoms with Gasteiger partial charge in [0.2, 0.25) is 5.16 Å². The molecule has 0 fully saturated rings. The van der Waals surface area contributed by atoms with Crippen LogP contribution in [0.15, 0.2) is 84.0 Å². The van der Waals surface area contributed by atoms with E-state index in [0.717, 1.165) is 22.4 Å². The van der Waals surface area contributed by atoms with Crippen molar-refractivity contribution >= 4 is 23.4 Å². The number of aryl methyl sites for hydroxylation is 1. The van der Waals surface area contributed by atoms with E-state index >= 15 is 0 Å². The van der Waals surface area contributed by atoms with Gasteiger partial charge in [0, 0.05) is 22.6 Å². The predicted molar refractivity (Wildman–Crippen MR) is 121 cm³/mol. The third kappa shape index (κ3) is 4.36. The van der Waals surface area contributed by atoms with Gasteiger partial charge < -0.3 is 11.2 Å². The second-order valence-corrected chi connectivity index (χ2v) is 7.74. The molecule has 0 bridgehead atoms. The summed E-state index contributed by atoms with van der Waals surface area (Å²) in [5.41, 5.74) is 4.51. The molecule has 0 aliphatic heterocycles. The number of aromatic nitrogens is 3. The molecule has 0 unspecified atom stereocenters. The minimum atomic E-state index is -0.134. The first-order valence-electron chi connectivity index (χ1n) is 9.46. The largest absolute Gasteiger partial charge is 0.335 e. The van der Waals surface area contributed by atoms with Crippen LogP contribution in [0, 0.1) is 6.92 Å². The number of carbonyl (C=O) groups is 1. The highest BCUT2D eigenvalue weighted by molar-refractivity contribution is 7.98. The molecule has 0 aliphatic rings. The summed E-state index contributed by atoms with van der Waals surface area (Å²) in [5, 5.41) is 12.0. The first-order chi connectivity index (χ1) is 14.6. The predicted octanol–water partition coefficient (Wildman–Crippen LogP) is 4.51. The molecule has 3 N–H and O–H groups in total. The SMILES string of the molecule is Cc1ccccc1-c1nnc(SCc2ccc(C(=O)Nc3ccccc3)cc2)n1N. The van der Waals surface area contributed by atoms with E-state index in [1.165, 1.54) is 16.4 Å². The molecule has 1 heterocycles. The summed E-state index contributed by atoms with van der Waals surface area (Å²) < 4.78 is 1.52. The number of nitrogens with two attached hydrogens (primary N) is 1. The van der Waals surface area contributed by atoms with Crippen molar-refractivity contribution in [1.29, 1.82) is 0 Å². The molecule has 3 aromatic carbocycles. The molecule has 4 rings (SSSR count). The maximum Gasteiger partial charge on any atom is 0.255 e. The van der Waals surface area contributed by atoms with E-state index in [-0.39, 0.29) is 5.91 Å². The van der Waals surface area contributed by atoms with Gasteiger partial charge in [0.1, 0.15) is 0 Å². The van der Waals surface area contributed by atoms with Crippen LogP contribution in [0.2, 0.25) is 0 Å². The molecule has 1 amide bonds. The van der Waals surface area contributed by atoms with Gasteiger partial charge in [-0.25, -0.2) is 4.68 Å². The molecule has 0 aliphatic carbocycles. The molecule has 30 heavy (non-hydrogen) atoms. The van der Waals surface area contributed by atoms with Crippen LogP contribution in [-0.2, 0) is 5.75 Å². The average molecular weight is 416 g/mol. The fourth-order valence-corrected chi connectivity index (χ4v) is 3.82. The maximum absolute atomic E-state index is 12.4. The number of thioether (sulfide) groups is 1. The van der Waals surface area contributed by atoms with E-state index in [1.54, 1.807) is 0 Å². The fourth-order valence-electron chi connectivity index (χ4n) is 3.01. The number of rotatable bonds is 6. The van der Waals surface area contributed by atoms with Crippen molar-refractivity contribution in [2.24, 2.45) is 0 Å². The Morgan fingerprint density at radius 1 is 0.967 bits per heavy atom. The second-order valence-electron chi connectivity index (χ2n) is 6.80. The summed E-state index contributed by atoms with van der Waals surface area (Å²) in [7, 11) is 0. The third-order valence-electron chi connectivity index (χ3n) is 4.67. The smallest absolute Gasteiger partial charge is 0.255 e. The highest BCUT2D eigenvalue weighted by atomic mass is 32.2. The number of hydrogen-bond acceptors (Lipinski definition) is 5. The van der Waals surface area contributed by atoms with Gasteiger partial charge >= 0.3 is 0 Å². The fraction of sp³-hybridized carbons (Fsp3) is 0.0870. The van der Waals surface area contributed by atoms with E-state index in [1.807, 2.05) is 85.8 Å². The number of para-hydroxylation sites is 1. The van der Waals surface area contributed by atoms with Gasteiger partial charge in [0.05, 0.1) is 0 Å². The lowest BCUT2D eigenvalue weighted by Gasteiger charge is -2.07. The normalized spacial score (nSPS) is 10.7. The van der Waals surface area contributed by atoms with Crippen LogP contribution in [0.4, 0.5) is 5.69 Å². The summed E-state index contributed by atoms with van der Waals surface area (Å²) in [6.07, 6.45) is 0. The molecule has 0 radical (unpaired) electrons. The van der Waals surface area contributed by atoms with E-state index in [2.05, 4.69) is 15.5 Å². The van der Waals surface area contributed by atoms with Crippen molar-refractivity contribution in [1.82, 2.24) is 14.9 Å². The van der Waals surface area contributed by atoms with Crippen molar-refractivity contribution < 1.29 is 4.79 Å². The minimum Gasteiger partial charge on any atom is -0.335 e. The molecule has 150 valence electrons. The molecule has 1 aromatic heterocycles. The minimum absolute atomic E-state index is 0.134. The number of amides is 1. The Kier molecular flexibility index (Phi) is 5.81. The standard InChI is InChI=1S/C23H21N5OS/c1-16-7-5-6-10-20(16)21-26-27-23(28(21)24)30-15-17-11-13-18(14-12-17)22(29)25-19-8-3-2-4-9-19/h2-14H,15,24H2,1H3,(H,25,29). The van der Waals surface area contributed by atoms with Crippen LogP contribution in [-0.4, -0.2) is 20.8 Å². The monoisotopic (exact) mass is 415 g/mol. The lowest BCUT2D eigenvalue weighted by molar-refractivity contribution is 0.102. The maximum atomic E-state index is 12.4. The van der Waals surface area contributed by atoms with E-state index in [0.29, 0.717) is 22.3 Å². The Labute approximate surface area is 179 Å². The van der Waals surface area contributed by atoms with Crippen molar-refractivity contribution in [3.8, 4) is 11.4 Å². The Morgan fingerprint density at radius 2 is 1.67 bits per heavy atom. The summed E-state index contributed by atoms with van der Waals surface area (Å²) in [6, 6.07) is 24.9. The number of anilines is 1. The number of hydrogen-bond donors (Lipinski definition) is 2. The number of nitrogen functional groups attached to an aromatic ring is 1. The average Bonchev–Trinajstić information content (AvgIpc) is 3.14. The number of nitrogens with one attached hydrogen (secondary N) is 1. The Morgan fingerprint density at radius 3 is 2.40 bits per heavy atom. The van der Waals surface area contributed by atoms with E-state index < -0.39 is 0 Å². The van der Waals surface area contributed by atoms with Crippen LogP contribution in [0.3, 0.4) is 0 Å². The molecule has 4 aromatic rings.